The highest BCUT2D eigenvalue weighted by Gasteiger charge is 2.45. The maximum Gasteiger partial charge on any atom is 0.240 e. The van der Waals surface area contributed by atoms with E-state index in [1.54, 1.807) is 7.11 Å². The Morgan fingerprint density at radius 2 is 2.28 bits per heavy atom. The number of rotatable bonds is 5. The lowest BCUT2D eigenvalue weighted by Gasteiger charge is -2.10. The van der Waals surface area contributed by atoms with Crippen LogP contribution in [-0.2, 0) is 11.2 Å². The molecule has 18 heavy (non-hydrogen) atoms. The highest BCUT2D eigenvalue weighted by Crippen LogP contribution is 2.32. The standard InChI is InChI=1S/C13H17ClN2O2/c1-18-11-3-2-9(8-10(11)14)4-7-16-12(17)13(15)5-6-13/h2-3,8H,4-7,15H2,1H3,(H,16,17). The molecule has 1 aliphatic rings. The van der Waals surface area contributed by atoms with Gasteiger partial charge in [0, 0.05) is 6.54 Å². The van der Waals surface area contributed by atoms with E-state index in [1.807, 2.05) is 18.2 Å². The lowest BCUT2D eigenvalue weighted by molar-refractivity contribution is -0.123. The van der Waals surface area contributed by atoms with Crippen LogP contribution in [0.4, 0.5) is 0 Å². The van der Waals surface area contributed by atoms with Crippen molar-refractivity contribution >= 4 is 17.5 Å². The molecule has 4 nitrogen and oxygen atoms in total. The fourth-order valence-corrected chi connectivity index (χ4v) is 2.00. The summed E-state index contributed by atoms with van der Waals surface area (Å²) in [6.45, 7) is 0.570. The average molecular weight is 269 g/mol. The number of carbonyl (C=O) groups excluding carboxylic acids is 1. The number of hydrogen-bond donors (Lipinski definition) is 2. The Bertz CT molecular complexity index is 458. The summed E-state index contributed by atoms with van der Waals surface area (Å²) in [7, 11) is 1.58. The number of ether oxygens (including phenoxy) is 1. The van der Waals surface area contributed by atoms with Gasteiger partial charge in [0.2, 0.25) is 5.91 Å². The zero-order chi connectivity index (χ0) is 13.2. The first-order chi connectivity index (χ1) is 8.55. The average Bonchev–Trinajstić information content (AvgIpc) is 3.09. The molecule has 1 aliphatic carbocycles. The van der Waals surface area contributed by atoms with Crippen molar-refractivity contribution in [2.75, 3.05) is 13.7 Å². The molecule has 2 rings (SSSR count). The summed E-state index contributed by atoms with van der Waals surface area (Å²) >= 11 is 6.02. The Labute approximate surface area is 111 Å². The third-order valence-corrected chi connectivity index (χ3v) is 3.45. The summed E-state index contributed by atoms with van der Waals surface area (Å²) in [4.78, 5) is 11.6. The number of amides is 1. The van der Waals surface area contributed by atoms with Gasteiger partial charge in [-0.25, -0.2) is 0 Å². The normalized spacial score (nSPS) is 16.2. The Kier molecular flexibility index (Phi) is 3.78. The molecule has 1 amide bonds. The van der Waals surface area contributed by atoms with Crippen molar-refractivity contribution in [3.05, 3.63) is 28.8 Å². The highest BCUT2D eigenvalue weighted by atomic mass is 35.5. The van der Waals surface area contributed by atoms with Gasteiger partial charge in [-0.3, -0.25) is 4.79 Å². The monoisotopic (exact) mass is 268 g/mol. The van der Waals surface area contributed by atoms with E-state index < -0.39 is 5.54 Å². The van der Waals surface area contributed by atoms with Crippen LogP contribution in [0, 0.1) is 0 Å². The quantitative estimate of drug-likeness (QED) is 0.851. The van der Waals surface area contributed by atoms with Crippen LogP contribution < -0.4 is 15.8 Å². The summed E-state index contributed by atoms with van der Waals surface area (Å²) in [6, 6.07) is 5.61. The van der Waals surface area contributed by atoms with Crippen LogP contribution >= 0.6 is 11.6 Å². The van der Waals surface area contributed by atoms with Gasteiger partial charge in [0.1, 0.15) is 5.75 Å². The molecule has 1 aromatic carbocycles. The molecule has 0 aliphatic heterocycles. The highest BCUT2D eigenvalue weighted by molar-refractivity contribution is 6.32. The minimum absolute atomic E-state index is 0.0536. The molecule has 0 atom stereocenters. The van der Waals surface area contributed by atoms with E-state index in [1.165, 1.54) is 0 Å². The maximum absolute atomic E-state index is 11.6. The molecule has 3 N–H and O–H groups in total. The molecule has 0 unspecified atom stereocenters. The maximum atomic E-state index is 11.6. The molecular weight excluding hydrogens is 252 g/mol. The molecule has 1 aromatic rings. The van der Waals surface area contributed by atoms with E-state index in [0.717, 1.165) is 24.8 Å². The third-order valence-electron chi connectivity index (χ3n) is 3.16. The predicted octanol–water partition coefficient (Wildman–Crippen LogP) is 1.50. The summed E-state index contributed by atoms with van der Waals surface area (Å²) < 4.78 is 5.08. The van der Waals surface area contributed by atoms with E-state index in [2.05, 4.69) is 5.32 Å². The van der Waals surface area contributed by atoms with Gasteiger partial charge in [-0.05, 0) is 37.0 Å². The Hall–Kier alpha value is -1.26. The van der Waals surface area contributed by atoms with Crippen molar-refractivity contribution < 1.29 is 9.53 Å². The Morgan fingerprint density at radius 1 is 1.56 bits per heavy atom. The van der Waals surface area contributed by atoms with Crippen molar-refractivity contribution in [2.24, 2.45) is 5.73 Å². The van der Waals surface area contributed by atoms with Gasteiger partial charge in [0.15, 0.2) is 0 Å². The van der Waals surface area contributed by atoms with E-state index in [-0.39, 0.29) is 5.91 Å². The second kappa shape index (κ2) is 5.16. The molecule has 98 valence electrons. The van der Waals surface area contributed by atoms with Crippen molar-refractivity contribution in [1.82, 2.24) is 5.32 Å². The van der Waals surface area contributed by atoms with Gasteiger partial charge < -0.3 is 15.8 Å². The summed E-state index contributed by atoms with van der Waals surface area (Å²) in [5.74, 6) is 0.602. The van der Waals surface area contributed by atoms with Gasteiger partial charge >= 0.3 is 0 Å². The molecule has 0 saturated heterocycles. The topological polar surface area (TPSA) is 64.3 Å². The van der Waals surface area contributed by atoms with Crippen LogP contribution in [0.3, 0.4) is 0 Å². The molecule has 0 radical (unpaired) electrons. The van der Waals surface area contributed by atoms with Crippen LogP contribution in [0.5, 0.6) is 5.75 Å². The van der Waals surface area contributed by atoms with Crippen molar-refractivity contribution in [3.8, 4) is 5.75 Å². The molecule has 0 aromatic heterocycles. The summed E-state index contributed by atoms with van der Waals surface area (Å²) in [5.41, 5.74) is 6.24. The minimum atomic E-state index is -0.600. The fourth-order valence-electron chi connectivity index (χ4n) is 1.72. The summed E-state index contributed by atoms with van der Waals surface area (Å²) in [5, 5.41) is 3.43. The molecule has 1 saturated carbocycles. The van der Waals surface area contributed by atoms with Crippen LogP contribution in [0.1, 0.15) is 18.4 Å². The van der Waals surface area contributed by atoms with Crippen molar-refractivity contribution in [1.29, 1.82) is 0 Å². The van der Waals surface area contributed by atoms with E-state index in [4.69, 9.17) is 22.1 Å². The molecular formula is C13H17ClN2O2. The van der Waals surface area contributed by atoms with Gasteiger partial charge in [-0.15, -0.1) is 0 Å². The second-order valence-corrected chi connectivity index (χ2v) is 5.04. The number of carbonyl (C=O) groups is 1. The molecule has 1 fully saturated rings. The number of benzene rings is 1. The number of halogens is 1. The first-order valence-electron chi connectivity index (χ1n) is 5.95. The van der Waals surface area contributed by atoms with E-state index in [0.29, 0.717) is 17.3 Å². The van der Waals surface area contributed by atoms with Crippen LogP contribution in [0.15, 0.2) is 18.2 Å². The lowest BCUT2D eigenvalue weighted by Crippen LogP contribution is -2.43. The second-order valence-electron chi connectivity index (χ2n) is 4.63. The largest absolute Gasteiger partial charge is 0.495 e. The molecule has 0 spiro atoms. The summed E-state index contributed by atoms with van der Waals surface area (Å²) in [6.07, 6.45) is 2.30. The minimum Gasteiger partial charge on any atom is -0.495 e. The van der Waals surface area contributed by atoms with E-state index >= 15 is 0 Å². The smallest absolute Gasteiger partial charge is 0.240 e. The first kappa shape index (κ1) is 13.2. The third kappa shape index (κ3) is 2.94. The Balaban J connectivity index is 1.83. The van der Waals surface area contributed by atoms with Crippen molar-refractivity contribution in [3.63, 3.8) is 0 Å². The zero-order valence-corrected chi connectivity index (χ0v) is 11.1. The molecule has 0 bridgehead atoms. The van der Waals surface area contributed by atoms with Gasteiger partial charge in [0.05, 0.1) is 17.7 Å². The molecule has 5 heteroatoms. The van der Waals surface area contributed by atoms with Gasteiger partial charge in [0.25, 0.3) is 0 Å². The lowest BCUT2D eigenvalue weighted by atomic mass is 10.1. The molecule has 0 heterocycles. The van der Waals surface area contributed by atoms with Gasteiger partial charge in [-0.2, -0.15) is 0 Å². The fraction of sp³-hybridized carbons (Fsp3) is 0.462. The SMILES string of the molecule is COc1ccc(CCNC(=O)C2(N)CC2)cc1Cl. The predicted molar refractivity (Wildman–Crippen MR) is 70.9 cm³/mol. The number of hydrogen-bond acceptors (Lipinski definition) is 3. The van der Waals surface area contributed by atoms with Crippen molar-refractivity contribution in [2.45, 2.75) is 24.8 Å². The van der Waals surface area contributed by atoms with Crippen LogP contribution in [0.2, 0.25) is 5.02 Å². The van der Waals surface area contributed by atoms with Gasteiger partial charge in [-0.1, -0.05) is 17.7 Å². The first-order valence-corrected chi connectivity index (χ1v) is 6.32. The zero-order valence-electron chi connectivity index (χ0n) is 10.3. The number of nitrogens with two attached hydrogens (primary N) is 1. The number of methoxy groups -OCH3 is 1. The van der Waals surface area contributed by atoms with Crippen LogP contribution in [0.25, 0.3) is 0 Å². The van der Waals surface area contributed by atoms with Crippen LogP contribution in [-0.4, -0.2) is 25.1 Å². The number of nitrogens with one attached hydrogen (secondary N) is 1. The van der Waals surface area contributed by atoms with E-state index in [9.17, 15) is 4.79 Å². The Morgan fingerprint density at radius 3 is 2.83 bits per heavy atom.